The average Bonchev–Trinajstić information content (AvgIpc) is 2.86. The summed E-state index contributed by atoms with van der Waals surface area (Å²) >= 11 is 0. The van der Waals surface area contributed by atoms with Crippen molar-refractivity contribution in [2.45, 2.75) is 26.3 Å². The fourth-order valence-corrected chi connectivity index (χ4v) is 3.90. The maximum Gasteiger partial charge on any atom is 0.309 e. The molecule has 6 nitrogen and oxygen atoms in total. The van der Waals surface area contributed by atoms with E-state index in [4.69, 9.17) is 4.42 Å². The van der Waals surface area contributed by atoms with Crippen LogP contribution in [0.4, 0.5) is 0 Å². The maximum atomic E-state index is 12.2. The van der Waals surface area contributed by atoms with E-state index in [-0.39, 0.29) is 29.3 Å². The van der Waals surface area contributed by atoms with Gasteiger partial charge in [0.2, 0.25) is 0 Å². The van der Waals surface area contributed by atoms with Crippen molar-refractivity contribution in [3.05, 3.63) is 17.8 Å². The molecule has 0 saturated carbocycles. The first-order valence-electron chi connectivity index (χ1n) is 5.87. The Morgan fingerprint density at radius 2 is 2.33 bits per heavy atom. The molecular formula is C11H16N2O4S. The van der Waals surface area contributed by atoms with Crippen LogP contribution in [0, 0.1) is 6.92 Å². The number of sulfone groups is 1. The molecule has 0 radical (unpaired) electrons. The third-order valence-electron chi connectivity index (χ3n) is 3.05. The molecule has 1 aliphatic heterocycles. The molecule has 1 unspecified atom stereocenters. The highest BCUT2D eigenvalue weighted by atomic mass is 32.2. The summed E-state index contributed by atoms with van der Waals surface area (Å²) in [7, 11) is -3.01. The van der Waals surface area contributed by atoms with Crippen molar-refractivity contribution in [3.63, 3.8) is 0 Å². The van der Waals surface area contributed by atoms with E-state index in [1.54, 1.807) is 6.92 Å². The van der Waals surface area contributed by atoms with Crippen LogP contribution in [0.1, 0.15) is 29.8 Å². The molecule has 1 atom stereocenters. The first-order chi connectivity index (χ1) is 8.43. The molecule has 1 saturated heterocycles. The van der Waals surface area contributed by atoms with E-state index < -0.39 is 9.84 Å². The number of aromatic nitrogens is 1. The van der Waals surface area contributed by atoms with Gasteiger partial charge in [-0.15, -0.1) is 0 Å². The summed E-state index contributed by atoms with van der Waals surface area (Å²) in [5, 5.41) is 0. The van der Waals surface area contributed by atoms with Gasteiger partial charge in [-0.1, -0.05) is 0 Å². The Morgan fingerprint density at radius 3 is 2.78 bits per heavy atom. The molecule has 1 fully saturated rings. The minimum Gasteiger partial charge on any atom is -0.438 e. The lowest BCUT2D eigenvalue weighted by molar-refractivity contribution is 0.0666. The van der Waals surface area contributed by atoms with E-state index in [0.29, 0.717) is 18.7 Å². The van der Waals surface area contributed by atoms with Crippen molar-refractivity contribution in [2.24, 2.45) is 0 Å². The van der Waals surface area contributed by atoms with Crippen molar-refractivity contribution in [1.29, 1.82) is 0 Å². The predicted octanol–water partition coefficient (Wildman–Crippen LogP) is 0.632. The lowest BCUT2D eigenvalue weighted by Gasteiger charge is -2.25. The summed E-state index contributed by atoms with van der Waals surface area (Å²) in [6, 6.07) is -0.264. The fraction of sp³-hybridized carbons (Fsp3) is 0.636. The Hall–Kier alpha value is -1.37. The number of carbonyl (C=O) groups excluding carboxylic acids is 1. The van der Waals surface area contributed by atoms with Gasteiger partial charge in [0.15, 0.2) is 9.84 Å². The monoisotopic (exact) mass is 272 g/mol. The SMILES string of the molecule is CCN(C(=O)c1ncc(C)o1)C1CCS(=O)(=O)C1. The minimum atomic E-state index is -3.01. The van der Waals surface area contributed by atoms with Gasteiger partial charge in [0.1, 0.15) is 5.76 Å². The smallest absolute Gasteiger partial charge is 0.309 e. The summed E-state index contributed by atoms with van der Waals surface area (Å²) in [5.41, 5.74) is 0. The highest BCUT2D eigenvalue weighted by molar-refractivity contribution is 7.91. The second kappa shape index (κ2) is 4.72. The number of amides is 1. The van der Waals surface area contributed by atoms with Crippen LogP contribution in [0.2, 0.25) is 0 Å². The van der Waals surface area contributed by atoms with E-state index in [1.165, 1.54) is 11.1 Å². The Kier molecular flexibility index (Phi) is 3.43. The van der Waals surface area contributed by atoms with E-state index in [0.717, 1.165) is 0 Å². The lowest BCUT2D eigenvalue weighted by Crippen LogP contribution is -2.41. The van der Waals surface area contributed by atoms with Crippen molar-refractivity contribution in [2.75, 3.05) is 18.1 Å². The third kappa shape index (κ3) is 2.55. The molecule has 1 aromatic heterocycles. The van der Waals surface area contributed by atoms with Crippen LogP contribution in [-0.2, 0) is 9.84 Å². The minimum absolute atomic E-state index is 0.0265. The third-order valence-corrected chi connectivity index (χ3v) is 4.81. The molecule has 1 aliphatic rings. The number of hydrogen-bond donors (Lipinski definition) is 0. The molecule has 2 rings (SSSR count). The van der Waals surface area contributed by atoms with Crippen LogP contribution < -0.4 is 0 Å². The van der Waals surface area contributed by atoms with Crippen molar-refractivity contribution in [1.82, 2.24) is 9.88 Å². The quantitative estimate of drug-likeness (QED) is 0.806. The van der Waals surface area contributed by atoms with E-state index in [2.05, 4.69) is 4.98 Å². The second-order valence-electron chi connectivity index (χ2n) is 4.42. The van der Waals surface area contributed by atoms with Crippen LogP contribution in [0.3, 0.4) is 0 Å². The standard InChI is InChI=1S/C11H16N2O4S/c1-3-13(9-4-5-18(15,16)7-9)11(14)10-12-6-8(2)17-10/h6,9H,3-5,7H2,1-2H3. The van der Waals surface area contributed by atoms with Crippen LogP contribution in [0.25, 0.3) is 0 Å². The van der Waals surface area contributed by atoms with Crippen LogP contribution in [-0.4, -0.2) is 48.3 Å². The van der Waals surface area contributed by atoms with Crippen molar-refractivity contribution >= 4 is 15.7 Å². The molecule has 7 heteroatoms. The van der Waals surface area contributed by atoms with Crippen LogP contribution in [0.5, 0.6) is 0 Å². The molecule has 0 aromatic carbocycles. The van der Waals surface area contributed by atoms with Crippen LogP contribution in [0.15, 0.2) is 10.6 Å². The summed E-state index contributed by atoms with van der Waals surface area (Å²) in [6.45, 7) is 3.97. The maximum absolute atomic E-state index is 12.2. The van der Waals surface area contributed by atoms with Gasteiger partial charge in [-0.2, -0.15) is 0 Å². The van der Waals surface area contributed by atoms with E-state index >= 15 is 0 Å². The largest absolute Gasteiger partial charge is 0.438 e. The molecule has 1 aromatic rings. The molecule has 0 spiro atoms. The number of carbonyl (C=O) groups is 1. The Bertz CT molecular complexity index is 549. The van der Waals surface area contributed by atoms with Crippen LogP contribution >= 0.6 is 0 Å². The van der Waals surface area contributed by atoms with Gasteiger partial charge in [0.05, 0.1) is 17.7 Å². The van der Waals surface area contributed by atoms with Gasteiger partial charge in [-0.05, 0) is 20.3 Å². The number of aryl methyl sites for hydroxylation is 1. The molecule has 0 bridgehead atoms. The first-order valence-corrected chi connectivity index (χ1v) is 7.69. The number of oxazole rings is 1. The molecular weight excluding hydrogens is 256 g/mol. The van der Waals surface area contributed by atoms with Gasteiger partial charge < -0.3 is 9.32 Å². The zero-order valence-corrected chi connectivity index (χ0v) is 11.2. The molecule has 1 amide bonds. The van der Waals surface area contributed by atoms with Gasteiger partial charge >= 0.3 is 5.91 Å². The molecule has 18 heavy (non-hydrogen) atoms. The first kappa shape index (κ1) is 13.1. The van der Waals surface area contributed by atoms with E-state index in [1.807, 2.05) is 6.92 Å². The summed E-state index contributed by atoms with van der Waals surface area (Å²) in [6.07, 6.45) is 1.97. The van der Waals surface area contributed by atoms with E-state index in [9.17, 15) is 13.2 Å². The molecule has 0 aliphatic carbocycles. The predicted molar refractivity (Wildman–Crippen MR) is 65.0 cm³/mol. The summed E-state index contributed by atoms with van der Waals surface area (Å²) in [4.78, 5) is 17.6. The highest BCUT2D eigenvalue weighted by Gasteiger charge is 2.35. The Morgan fingerprint density at radius 1 is 1.61 bits per heavy atom. The Balaban J connectivity index is 2.17. The number of rotatable bonds is 3. The zero-order valence-electron chi connectivity index (χ0n) is 10.4. The number of hydrogen-bond acceptors (Lipinski definition) is 5. The Labute approximate surface area is 106 Å². The summed E-state index contributed by atoms with van der Waals surface area (Å²) < 4.78 is 28.1. The zero-order chi connectivity index (χ0) is 13.3. The topological polar surface area (TPSA) is 80.5 Å². The molecule has 100 valence electrons. The van der Waals surface area contributed by atoms with Crippen molar-refractivity contribution < 1.29 is 17.6 Å². The second-order valence-corrected chi connectivity index (χ2v) is 6.65. The van der Waals surface area contributed by atoms with Gasteiger partial charge in [0, 0.05) is 12.6 Å². The van der Waals surface area contributed by atoms with Gasteiger partial charge in [-0.25, -0.2) is 13.4 Å². The normalized spacial score (nSPS) is 22.0. The molecule has 0 N–H and O–H groups in total. The fourth-order valence-electron chi connectivity index (χ4n) is 2.17. The van der Waals surface area contributed by atoms with Crippen molar-refractivity contribution in [3.8, 4) is 0 Å². The van der Waals surface area contributed by atoms with Gasteiger partial charge in [0.25, 0.3) is 5.89 Å². The average molecular weight is 272 g/mol. The lowest BCUT2D eigenvalue weighted by atomic mass is 10.2. The number of nitrogens with zero attached hydrogens (tertiary/aromatic N) is 2. The molecule has 2 heterocycles. The summed E-state index contributed by atoms with van der Waals surface area (Å²) in [5.74, 6) is 0.429. The van der Waals surface area contributed by atoms with Gasteiger partial charge in [-0.3, -0.25) is 4.79 Å². The highest BCUT2D eigenvalue weighted by Crippen LogP contribution is 2.19.